The third kappa shape index (κ3) is 12.1. The first kappa shape index (κ1) is 23.1. The van der Waals surface area contributed by atoms with Crippen molar-refractivity contribution in [2.24, 2.45) is 0 Å². The Morgan fingerprint density at radius 2 is 1.14 bits per heavy atom. The van der Waals surface area contributed by atoms with Gasteiger partial charge in [-0.1, -0.05) is 64.7 Å². The molecule has 0 fully saturated rings. The number of rotatable bonds is 12. The minimum absolute atomic E-state index is 0. The van der Waals surface area contributed by atoms with Gasteiger partial charge < -0.3 is 6.15 Å². The summed E-state index contributed by atoms with van der Waals surface area (Å²) in [6, 6.07) is 0. The SMILES string of the molecule is CCCCCCCCCCCCOS(=O)(=O)C(C)(C)C.N. The summed E-state index contributed by atoms with van der Waals surface area (Å²) < 4.78 is 27.6. The van der Waals surface area contributed by atoms with Crippen molar-refractivity contribution in [1.29, 1.82) is 0 Å². The van der Waals surface area contributed by atoms with Crippen LogP contribution in [-0.2, 0) is 14.3 Å². The molecule has 0 radical (unpaired) electrons. The van der Waals surface area contributed by atoms with Gasteiger partial charge in [-0.05, 0) is 27.2 Å². The molecule has 0 saturated heterocycles. The van der Waals surface area contributed by atoms with Gasteiger partial charge in [0.25, 0.3) is 10.1 Å². The number of hydrogen-bond acceptors (Lipinski definition) is 4. The van der Waals surface area contributed by atoms with E-state index in [9.17, 15) is 8.42 Å². The summed E-state index contributed by atoms with van der Waals surface area (Å²) in [6.45, 7) is 7.57. The van der Waals surface area contributed by atoms with E-state index < -0.39 is 14.9 Å². The van der Waals surface area contributed by atoms with Gasteiger partial charge in [0.2, 0.25) is 0 Å². The van der Waals surface area contributed by atoms with Crippen molar-refractivity contribution in [2.45, 2.75) is 96.7 Å². The van der Waals surface area contributed by atoms with Gasteiger partial charge >= 0.3 is 0 Å². The molecule has 0 rings (SSSR count). The maximum absolute atomic E-state index is 11.7. The fourth-order valence-electron chi connectivity index (χ4n) is 1.93. The van der Waals surface area contributed by atoms with Gasteiger partial charge in [0.1, 0.15) is 0 Å². The van der Waals surface area contributed by atoms with Crippen LogP contribution in [0.3, 0.4) is 0 Å². The number of unbranched alkanes of at least 4 members (excludes halogenated alkanes) is 9. The zero-order valence-electron chi connectivity index (χ0n) is 14.6. The molecule has 0 aromatic rings. The maximum atomic E-state index is 11.7. The summed E-state index contributed by atoms with van der Waals surface area (Å²) in [5.41, 5.74) is 0. The van der Waals surface area contributed by atoms with Crippen molar-refractivity contribution in [3.05, 3.63) is 0 Å². The topological polar surface area (TPSA) is 78.4 Å². The standard InChI is InChI=1S/C16H34O3S.H3N/c1-5-6-7-8-9-10-11-12-13-14-15-19-20(17,18)16(2,3)4;/h5-15H2,1-4H3;1H3. The molecule has 130 valence electrons. The molecule has 4 nitrogen and oxygen atoms in total. The van der Waals surface area contributed by atoms with E-state index in [-0.39, 0.29) is 6.15 Å². The van der Waals surface area contributed by atoms with Gasteiger partial charge in [0.05, 0.1) is 11.4 Å². The first-order valence-electron chi connectivity index (χ1n) is 8.20. The highest BCUT2D eigenvalue weighted by atomic mass is 32.2. The fourth-order valence-corrected chi connectivity index (χ4v) is 2.63. The predicted octanol–water partition coefficient (Wildman–Crippen LogP) is 5.21. The normalized spacial score (nSPS) is 12.2. The first-order valence-corrected chi connectivity index (χ1v) is 9.61. The Kier molecular flexibility index (Phi) is 13.7. The predicted molar refractivity (Wildman–Crippen MR) is 91.5 cm³/mol. The van der Waals surface area contributed by atoms with Crippen LogP contribution in [0, 0.1) is 0 Å². The van der Waals surface area contributed by atoms with E-state index in [1.807, 2.05) is 0 Å². The van der Waals surface area contributed by atoms with E-state index in [0.717, 1.165) is 12.8 Å². The lowest BCUT2D eigenvalue weighted by atomic mass is 10.1. The summed E-state index contributed by atoms with van der Waals surface area (Å²) in [4.78, 5) is 0. The molecule has 0 aliphatic carbocycles. The smallest absolute Gasteiger partial charge is 0.272 e. The summed E-state index contributed by atoms with van der Waals surface area (Å²) in [5.74, 6) is 0. The molecule has 0 aliphatic rings. The molecule has 0 aromatic heterocycles. The van der Waals surface area contributed by atoms with Crippen molar-refractivity contribution in [3.63, 3.8) is 0 Å². The monoisotopic (exact) mass is 323 g/mol. The average Bonchev–Trinajstić information content (AvgIpc) is 2.34. The molecule has 5 heteroatoms. The Hall–Kier alpha value is -0.130. The quantitative estimate of drug-likeness (QED) is 0.395. The Morgan fingerprint density at radius 3 is 1.52 bits per heavy atom. The van der Waals surface area contributed by atoms with Crippen LogP contribution in [0.4, 0.5) is 0 Å². The molecule has 21 heavy (non-hydrogen) atoms. The van der Waals surface area contributed by atoms with Crippen LogP contribution in [0.25, 0.3) is 0 Å². The van der Waals surface area contributed by atoms with E-state index in [2.05, 4.69) is 6.92 Å². The van der Waals surface area contributed by atoms with E-state index in [1.165, 1.54) is 51.4 Å². The van der Waals surface area contributed by atoms with Crippen molar-refractivity contribution in [2.75, 3.05) is 6.61 Å². The van der Waals surface area contributed by atoms with E-state index in [1.54, 1.807) is 20.8 Å². The van der Waals surface area contributed by atoms with Gasteiger partial charge in [0, 0.05) is 0 Å². The number of hydrogen-bond donors (Lipinski definition) is 1. The van der Waals surface area contributed by atoms with Gasteiger partial charge in [-0.3, -0.25) is 4.18 Å². The van der Waals surface area contributed by atoms with Crippen LogP contribution in [-0.4, -0.2) is 19.8 Å². The minimum atomic E-state index is -3.41. The summed E-state index contributed by atoms with van der Waals surface area (Å²) in [6.07, 6.45) is 12.4. The molecular weight excluding hydrogens is 286 g/mol. The third-order valence-corrected chi connectivity index (χ3v) is 5.46. The lowest BCUT2D eigenvalue weighted by Gasteiger charge is -2.18. The zero-order valence-corrected chi connectivity index (χ0v) is 15.4. The largest absolute Gasteiger partial charge is 0.344 e. The highest BCUT2D eigenvalue weighted by Gasteiger charge is 2.29. The molecule has 0 heterocycles. The second kappa shape index (κ2) is 12.4. The maximum Gasteiger partial charge on any atom is 0.272 e. The lowest BCUT2D eigenvalue weighted by Crippen LogP contribution is -2.30. The Bertz CT molecular complexity index is 321. The molecular formula is C16H37NO3S. The molecule has 0 bridgehead atoms. The molecule has 0 unspecified atom stereocenters. The molecule has 0 aromatic carbocycles. The van der Waals surface area contributed by atoms with Gasteiger partial charge in [-0.25, -0.2) is 0 Å². The van der Waals surface area contributed by atoms with Crippen LogP contribution in [0.1, 0.15) is 91.9 Å². The fraction of sp³-hybridized carbons (Fsp3) is 1.00. The first-order chi connectivity index (χ1) is 9.31. The summed E-state index contributed by atoms with van der Waals surface area (Å²) in [7, 11) is -3.41. The van der Waals surface area contributed by atoms with Crippen molar-refractivity contribution < 1.29 is 12.6 Å². The van der Waals surface area contributed by atoms with Gasteiger partial charge in [-0.15, -0.1) is 0 Å². The van der Waals surface area contributed by atoms with Crippen LogP contribution in [0.2, 0.25) is 0 Å². The second-order valence-electron chi connectivity index (χ2n) is 6.57. The zero-order chi connectivity index (χ0) is 15.5. The van der Waals surface area contributed by atoms with Gasteiger partial charge in [0.15, 0.2) is 0 Å². The van der Waals surface area contributed by atoms with Gasteiger partial charge in [-0.2, -0.15) is 8.42 Å². The molecule has 0 atom stereocenters. The third-order valence-electron chi connectivity index (χ3n) is 3.49. The molecule has 0 spiro atoms. The van der Waals surface area contributed by atoms with Crippen molar-refractivity contribution in [3.8, 4) is 0 Å². The molecule has 3 N–H and O–H groups in total. The van der Waals surface area contributed by atoms with Crippen molar-refractivity contribution in [1.82, 2.24) is 6.15 Å². The Labute approximate surface area is 132 Å². The summed E-state index contributed by atoms with van der Waals surface area (Å²) in [5, 5.41) is 0. The average molecular weight is 324 g/mol. The van der Waals surface area contributed by atoms with E-state index in [4.69, 9.17) is 4.18 Å². The minimum Gasteiger partial charge on any atom is -0.344 e. The van der Waals surface area contributed by atoms with Crippen molar-refractivity contribution >= 4 is 10.1 Å². The van der Waals surface area contributed by atoms with Crippen LogP contribution >= 0.6 is 0 Å². The van der Waals surface area contributed by atoms with Crippen LogP contribution < -0.4 is 6.15 Å². The van der Waals surface area contributed by atoms with E-state index in [0.29, 0.717) is 6.61 Å². The molecule has 0 amide bonds. The van der Waals surface area contributed by atoms with Crippen LogP contribution in [0.5, 0.6) is 0 Å². The molecule has 0 aliphatic heterocycles. The summed E-state index contributed by atoms with van der Waals surface area (Å²) >= 11 is 0. The van der Waals surface area contributed by atoms with Crippen LogP contribution in [0.15, 0.2) is 0 Å². The second-order valence-corrected chi connectivity index (χ2v) is 8.94. The highest BCUT2D eigenvalue weighted by Crippen LogP contribution is 2.17. The highest BCUT2D eigenvalue weighted by molar-refractivity contribution is 7.88. The molecule has 0 saturated carbocycles. The lowest BCUT2D eigenvalue weighted by molar-refractivity contribution is 0.294. The Morgan fingerprint density at radius 1 is 0.762 bits per heavy atom. The van der Waals surface area contributed by atoms with E-state index >= 15 is 0 Å². The Balaban J connectivity index is 0.